The van der Waals surface area contributed by atoms with Gasteiger partial charge in [-0.05, 0) is 25.8 Å². The van der Waals surface area contributed by atoms with Crippen molar-refractivity contribution in [3.8, 4) is 0 Å². The Hall–Kier alpha value is -1.89. The monoisotopic (exact) mass is 305 g/mol. The van der Waals surface area contributed by atoms with Gasteiger partial charge in [-0.3, -0.25) is 4.79 Å². The number of carbonyl (C=O) groups excluding carboxylic acids is 1. The van der Waals surface area contributed by atoms with E-state index in [4.69, 9.17) is 5.73 Å². The first-order valence-corrected chi connectivity index (χ1v) is 7.90. The highest BCUT2D eigenvalue weighted by molar-refractivity contribution is 7.18. The Morgan fingerprint density at radius 2 is 2.14 bits per heavy atom. The maximum absolute atomic E-state index is 11.7. The van der Waals surface area contributed by atoms with Gasteiger partial charge in [0.05, 0.1) is 5.39 Å². The number of nitrogen functional groups attached to an aromatic ring is 1. The van der Waals surface area contributed by atoms with E-state index in [0.29, 0.717) is 5.95 Å². The number of hydrogen-bond donors (Lipinski definition) is 2. The highest BCUT2D eigenvalue weighted by Gasteiger charge is 2.26. The molecule has 21 heavy (non-hydrogen) atoms. The zero-order chi connectivity index (χ0) is 15.0. The van der Waals surface area contributed by atoms with Gasteiger partial charge in [0.2, 0.25) is 11.9 Å². The van der Waals surface area contributed by atoms with Crippen LogP contribution in [0.25, 0.3) is 10.2 Å². The quantitative estimate of drug-likeness (QED) is 0.879. The zero-order valence-electron chi connectivity index (χ0n) is 12.2. The predicted octanol–water partition coefficient (Wildman–Crippen LogP) is 1.54. The topological polar surface area (TPSA) is 84.1 Å². The van der Waals surface area contributed by atoms with Gasteiger partial charge >= 0.3 is 0 Å². The number of nitrogens with two attached hydrogens (primary N) is 1. The van der Waals surface area contributed by atoms with Crippen LogP contribution in [0.1, 0.15) is 17.7 Å². The predicted molar refractivity (Wildman–Crippen MR) is 85.6 cm³/mol. The van der Waals surface area contributed by atoms with Crippen LogP contribution >= 0.6 is 11.3 Å². The summed E-state index contributed by atoms with van der Waals surface area (Å²) in [4.78, 5) is 24.8. The Balaban J connectivity index is 1.87. The number of aromatic nitrogens is 2. The fraction of sp³-hybridized carbons (Fsp3) is 0.500. The van der Waals surface area contributed by atoms with Gasteiger partial charge < -0.3 is 16.0 Å². The van der Waals surface area contributed by atoms with E-state index in [-0.39, 0.29) is 11.8 Å². The molecule has 3 rings (SSSR count). The second-order valence-corrected chi connectivity index (χ2v) is 6.59. The number of carbonyl (C=O) groups is 1. The number of anilines is 2. The van der Waals surface area contributed by atoms with Crippen LogP contribution in [0, 0.1) is 12.8 Å². The summed E-state index contributed by atoms with van der Waals surface area (Å²) in [6, 6.07) is 2.11. The van der Waals surface area contributed by atoms with Gasteiger partial charge in [0.15, 0.2) is 0 Å². The van der Waals surface area contributed by atoms with Crippen molar-refractivity contribution in [1.82, 2.24) is 15.3 Å². The molecular formula is C14H19N5OS. The number of thiophene rings is 1. The molecule has 0 aromatic carbocycles. The first-order valence-electron chi connectivity index (χ1n) is 7.08. The van der Waals surface area contributed by atoms with Gasteiger partial charge in [-0.2, -0.15) is 4.98 Å². The van der Waals surface area contributed by atoms with E-state index in [1.54, 1.807) is 18.4 Å². The molecule has 2 aromatic heterocycles. The van der Waals surface area contributed by atoms with E-state index in [1.807, 2.05) is 0 Å². The van der Waals surface area contributed by atoms with Crippen molar-refractivity contribution >= 4 is 39.2 Å². The van der Waals surface area contributed by atoms with Crippen LogP contribution in [0.5, 0.6) is 0 Å². The van der Waals surface area contributed by atoms with E-state index in [1.165, 1.54) is 4.88 Å². The Bertz CT molecular complexity index is 675. The average Bonchev–Trinajstić information content (AvgIpc) is 2.85. The van der Waals surface area contributed by atoms with Crippen molar-refractivity contribution in [2.75, 3.05) is 30.8 Å². The fourth-order valence-electron chi connectivity index (χ4n) is 2.84. The lowest BCUT2D eigenvalue weighted by Gasteiger charge is -2.32. The third-order valence-corrected chi connectivity index (χ3v) is 4.87. The number of aryl methyl sites for hydroxylation is 1. The number of rotatable bonds is 2. The van der Waals surface area contributed by atoms with Crippen LogP contribution in [0.15, 0.2) is 6.07 Å². The maximum atomic E-state index is 11.7. The molecule has 0 atom stereocenters. The van der Waals surface area contributed by atoms with E-state index in [2.05, 4.69) is 33.2 Å². The van der Waals surface area contributed by atoms with Gasteiger partial charge in [-0.25, -0.2) is 4.98 Å². The molecule has 3 heterocycles. The first kappa shape index (κ1) is 14.1. The Kier molecular flexibility index (Phi) is 3.67. The van der Waals surface area contributed by atoms with Gasteiger partial charge in [0, 0.05) is 30.9 Å². The molecule has 0 radical (unpaired) electrons. The van der Waals surface area contributed by atoms with Crippen LogP contribution in [0.2, 0.25) is 0 Å². The third-order valence-electron chi connectivity index (χ3n) is 3.92. The Labute approximate surface area is 127 Å². The van der Waals surface area contributed by atoms with E-state index >= 15 is 0 Å². The highest BCUT2D eigenvalue weighted by atomic mass is 32.1. The molecule has 1 amide bonds. The summed E-state index contributed by atoms with van der Waals surface area (Å²) in [5.41, 5.74) is 5.83. The second kappa shape index (κ2) is 5.48. The Morgan fingerprint density at radius 1 is 1.43 bits per heavy atom. The minimum atomic E-state index is 0.102. The molecule has 2 aromatic rings. The summed E-state index contributed by atoms with van der Waals surface area (Å²) in [7, 11) is 1.69. The van der Waals surface area contributed by atoms with Crippen LogP contribution in [0.3, 0.4) is 0 Å². The Morgan fingerprint density at radius 3 is 2.81 bits per heavy atom. The SMILES string of the molecule is CNC(=O)C1CCN(c2nc(N)nc3sc(C)cc23)CC1. The standard InChI is InChI=1S/C14H19N5OS/c1-8-7-10-11(17-14(15)18-13(10)21-8)19-5-3-9(4-6-19)12(20)16-2/h7,9H,3-6H2,1-2H3,(H,16,20)(H2,15,17,18). The van der Waals surface area contributed by atoms with Crippen LogP contribution < -0.4 is 16.0 Å². The van der Waals surface area contributed by atoms with Crippen molar-refractivity contribution in [3.63, 3.8) is 0 Å². The van der Waals surface area contributed by atoms with Crippen molar-refractivity contribution < 1.29 is 4.79 Å². The van der Waals surface area contributed by atoms with E-state index < -0.39 is 0 Å². The smallest absolute Gasteiger partial charge is 0.223 e. The number of piperidine rings is 1. The molecule has 0 saturated carbocycles. The summed E-state index contributed by atoms with van der Waals surface area (Å²) in [6.07, 6.45) is 1.68. The molecule has 6 nitrogen and oxygen atoms in total. The highest BCUT2D eigenvalue weighted by Crippen LogP contribution is 2.33. The molecule has 0 bridgehead atoms. The van der Waals surface area contributed by atoms with Crippen molar-refractivity contribution in [1.29, 1.82) is 0 Å². The normalized spacial score (nSPS) is 16.4. The lowest BCUT2D eigenvalue weighted by molar-refractivity contribution is -0.125. The molecule has 3 N–H and O–H groups in total. The molecule has 0 aliphatic carbocycles. The molecule has 1 aliphatic rings. The minimum Gasteiger partial charge on any atom is -0.368 e. The van der Waals surface area contributed by atoms with Crippen molar-refractivity contribution in [2.45, 2.75) is 19.8 Å². The van der Waals surface area contributed by atoms with Gasteiger partial charge in [0.1, 0.15) is 10.6 Å². The molecular weight excluding hydrogens is 286 g/mol. The van der Waals surface area contributed by atoms with Crippen LogP contribution in [-0.2, 0) is 4.79 Å². The number of nitrogens with one attached hydrogen (secondary N) is 1. The first-order chi connectivity index (χ1) is 10.1. The zero-order valence-corrected chi connectivity index (χ0v) is 13.0. The van der Waals surface area contributed by atoms with E-state index in [0.717, 1.165) is 42.0 Å². The molecule has 1 aliphatic heterocycles. The molecule has 1 fully saturated rings. The summed E-state index contributed by atoms with van der Waals surface area (Å²) < 4.78 is 0. The van der Waals surface area contributed by atoms with Crippen molar-refractivity contribution in [3.05, 3.63) is 10.9 Å². The van der Waals surface area contributed by atoms with E-state index in [9.17, 15) is 4.79 Å². The molecule has 112 valence electrons. The summed E-state index contributed by atoms with van der Waals surface area (Å²) in [6.45, 7) is 3.70. The van der Waals surface area contributed by atoms with Gasteiger partial charge in [-0.15, -0.1) is 11.3 Å². The number of amides is 1. The maximum Gasteiger partial charge on any atom is 0.223 e. The van der Waals surface area contributed by atoms with Gasteiger partial charge in [0.25, 0.3) is 0 Å². The van der Waals surface area contributed by atoms with Crippen LogP contribution in [-0.4, -0.2) is 36.0 Å². The number of nitrogens with zero attached hydrogens (tertiary/aromatic N) is 3. The fourth-order valence-corrected chi connectivity index (χ4v) is 3.72. The molecule has 0 unspecified atom stereocenters. The molecule has 0 spiro atoms. The summed E-state index contributed by atoms with van der Waals surface area (Å²) in [5, 5.41) is 3.79. The molecule has 7 heteroatoms. The summed E-state index contributed by atoms with van der Waals surface area (Å²) in [5.74, 6) is 1.45. The lowest BCUT2D eigenvalue weighted by atomic mass is 9.96. The minimum absolute atomic E-state index is 0.102. The van der Waals surface area contributed by atoms with Crippen molar-refractivity contribution in [2.24, 2.45) is 5.92 Å². The number of hydrogen-bond acceptors (Lipinski definition) is 6. The average molecular weight is 305 g/mol. The number of fused-ring (bicyclic) bond motifs is 1. The largest absolute Gasteiger partial charge is 0.368 e. The second-order valence-electron chi connectivity index (χ2n) is 5.36. The lowest BCUT2D eigenvalue weighted by Crippen LogP contribution is -2.40. The van der Waals surface area contributed by atoms with Gasteiger partial charge in [-0.1, -0.05) is 0 Å². The van der Waals surface area contributed by atoms with Crippen LogP contribution in [0.4, 0.5) is 11.8 Å². The summed E-state index contributed by atoms with van der Waals surface area (Å²) >= 11 is 1.63. The third kappa shape index (κ3) is 2.65. The molecule has 1 saturated heterocycles.